The zero-order valence-corrected chi connectivity index (χ0v) is 20.6. The van der Waals surface area contributed by atoms with Crippen molar-refractivity contribution in [2.24, 2.45) is 5.10 Å². The third kappa shape index (κ3) is 6.26. The monoisotopic (exact) mass is 588 g/mol. The topological polar surface area (TPSA) is 59.9 Å². The minimum absolute atomic E-state index is 0.296. The summed E-state index contributed by atoms with van der Waals surface area (Å²) in [6, 6.07) is 15.7. The van der Waals surface area contributed by atoms with Gasteiger partial charge in [0.15, 0.2) is 11.5 Å². The van der Waals surface area contributed by atoms with Crippen molar-refractivity contribution in [1.29, 1.82) is 0 Å². The molecule has 31 heavy (non-hydrogen) atoms. The van der Waals surface area contributed by atoms with E-state index in [2.05, 4.69) is 33.1 Å². The fourth-order valence-electron chi connectivity index (χ4n) is 2.59. The highest BCUT2D eigenvalue weighted by atomic mass is 127. The van der Waals surface area contributed by atoms with Gasteiger partial charge in [0.1, 0.15) is 6.61 Å². The molecule has 0 saturated carbocycles. The summed E-state index contributed by atoms with van der Waals surface area (Å²) < 4.78 is 12.2. The molecule has 0 fully saturated rings. The van der Waals surface area contributed by atoms with Crippen LogP contribution in [0.2, 0.25) is 15.1 Å². The zero-order chi connectivity index (χ0) is 22.4. The summed E-state index contributed by atoms with van der Waals surface area (Å²) in [5.74, 6) is 0.729. The lowest BCUT2D eigenvalue weighted by Crippen LogP contribution is -2.17. The predicted molar refractivity (Wildman–Crippen MR) is 133 cm³/mol. The van der Waals surface area contributed by atoms with Gasteiger partial charge in [0.2, 0.25) is 0 Å². The maximum absolute atomic E-state index is 12.2. The molecule has 3 rings (SSSR count). The van der Waals surface area contributed by atoms with E-state index in [1.165, 1.54) is 12.3 Å². The van der Waals surface area contributed by atoms with Crippen molar-refractivity contribution in [3.05, 3.63) is 89.9 Å². The number of nitrogens with one attached hydrogen (secondary N) is 1. The molecule has 0 aliphatic heterocycles. The SMILES string of the molecule is COc1cc(/C=N\NC(=O)c2ccc(Cl)c(Cl)c2)cc(I)c1OCc1ccccc1Cl. The molecule has 9 heteroatoms. The van der Waals surface area contributed by atoms with E-state index in [-0.39, 0.29) is 0 Å². The first kappa shape index (κ1) is 23.7. The van der Waals surface area contributed by atoms with E-state index in [0.29, 0.717) is 38.7 Å². The second kappa shape index (κ2) is 11.0. The Morgan fingerprint density at radius 2 is 1.84 bits per heavy atom. The molecule has 5 nitrogen and oxygen atoms in total. The number of hydrogen-bond donors (Lipinski definition) is 1. The van der Waals surface area contributed by atoms with E-state index in [4.69, 9.17) is 44.3 Å². The van der Waals surface area contributed by atoms with Gasteiger partial charge in [-0.1, -0.05) is 53.0 Å². The Bertz CT molecular complexity index is 1140. The molecule has 0 aliphatic rings. The van der Waals surface area contributed by atoms with Crippen LogP contribution in [0.5, 0.6) is 11.5 Å². The second-order valence-corrected chi connectivity index (χ2v) is 8.63. The number of hydrogen-bond acceptors (Lipinski definition) is 4. The summed E-state index contributed by atoms with van der Waals surface area (Å²) >= 11 is 20.2. The Hall–Kier alpha value is -2.00. The number of carbonyl (C=O) groups excluding carboxylic acids is 1. The molecule has 0 aromatic heterocycles. The standard InChI is InChI=1S/C22H16Cl3IN2O3/c1-30-20-9-13(11-27-28-22(29)14-6-7-17(24)18(25)10-14)8-19(26)21(20)31-12-15-4-2-3-5-16(15)23/h2-11H,12H2,1H3,(H,28,29)/b27-11-. The maximum Gasteiger partial charge on any atom is 0.271 e. The number of rotatable bonds is 7. The van der Waals surface area contributed by atoms with E-state index in [0.717, 1.165) is 14.7 Å². The van der Waals surface area contributed by atoms with Crippen molar-refractivity contribution >= 4 is 69.5 Å². The molecule has 3 aromatic rings. The van der Waals surface area contributed by atoms with E-state index in [1.54, 1.807) is 25.3 Å². The number of nitrogens with zero attached hydrogens (tertiary/aromatic N) is 1. The minimum atomic E-state index is -0.406. The quantitative estimate of drug-likeness (QED) is 0.192. The third-order valence-corrected chi connectivity index (χ3v) is 6.05. The summed E-state index contributed by atoms with van der Waals surface area (Å²) in [6.07, 6.45) is 1.51. The molecule has 0 atom stereocenters. The number of carbonyl (C=O) groups is 1. The largest absolute Gasteiger partial charge is 0.493 e. The van der Waals surface area contributed by atoms with Crippen molar-refractivity contribution in [3.8, 4) is 11.5 Å². The van der Waals surface area contributed by atoms with Crippen LogP contribution in [0, 0.1) is 3.57 Å². The van der Waals surface area contributed by atoms with Gasteiger partial charge in [0.25, 0.3) is 5.91 Å². The molecule has 0 spiro atoms. The second-order valence-electron chi connectivity index (χ2n) is 6.24. The summed E-state index contributed by atoms with van der Waals surface area (Å²) in [6.45, 7) is 0.305. The lowest BCUT2D eigenvalue weighted by molar-refractivity contribution is 0.0955. The number of methoxy groups -OCH3 is 1. The molecule has 0 heterocycles. The normalized spacial score (nSPS) is 10.9. The Morgan fingerprint density at radius 3 is 2.55 bits per heavy atom. The maximum atomic E-state index is 12.2. The first-order chi connectivity index (χ1) is 14.9. The van der Waals surface area contributed by atoms with Gasteiger partial charge in [-0.05, 0) is 64.6 Å². The van der Waals surface area contributed by atoms with Crippen LogP contribution in [0.1, 0.15) is 21.5 Å². The molecule has 0 aliphatic carbocycles. The van der Waals surface area contributed by atoms with Crippen molar-refractivity contribution < 1.29 is 14.3 Å². The van der Waals surface area contributed by atoms with Crippen LogP contribution in [-0.2, 0) is 6.61 Å². The van der Waals surface area contributed by atoms with Crippen molar-refractivity contribution in [1.82, 2.24) is 5.43 Å². The van der Waals surface area contributed by atoms with Crippen LogP contribution in [0.15, 0.2) is 59.7 Å². The van der Waals surface area contributed by atoms with E-state index in [1.807, 2.05) is 30.3 Å². The van der Waals surface area contributed by atoms with Crippen LogP contribution in [0.3, 0.4) is 0 Å². The molecule has 160 valence electrons. The molecular formula is C22H16Cl3IN2O3. The van der Waals surface area contributed by atoms with E-state index in [9.17, 15) is 4.79 Å². The average molecular weight is 590 g/mol. The fraction of sp³-hybridized carbons (Fsp3) is 0.0909. The van der Waals surface area contributed by atoms with Gasteiger partial charge in [-0.3, -0.25) is 4.79 Å². The summed E-state index contributed by atoms with van der Waals surface area (Å²) in [5, 5.41) is 5.31. The predicted octanol–water partition coefficient (Wildman–Crippen LogP) is 6.60. The van der Waals surface area contributed by atoms with E-state index >= 15 is 0 Å². The Kier molecular flexibility index (Phi) is 8.43. The molecule has 1 amide bonds. The lowest BCUT2D eigenvalue weighted by atomic mass is 10.2. The highest BCUT2D eigenvalue weighted by molar-refractivity contribution is 14.1. The van der Waals surface area contributed by atoms with Crippen molar-refractivity contribution in [3.63, 3.8) is 0 Å². The molecule has 1 N–H and O–H groups in total. The number of benzene rings is 3. The smallest absolute Gasteiger partial charge is 0.271 e. The Balaban J connectivity index is 1.70. The lowest BCUT2D eigenvalue weighted by Gasteiger charge is -2.14. The number of amides is 1. The first-order valence-electron chi connectivity index (χ1n) is 8.91. The minimum Gasteiger partial charge on any atom is -0.493 e. The van der Waals surface area contributed by atoms with Crippen molar-refractivity contribution in [2.75, 3.05) is 7.11 Å². The van der Waals surface area contributed by atoms with Crippen LogP contribution < -0.4 is 14.9 Å². The van der Waals surface area contributed by atoms with Crippen LogP contribution in [-0.4, -0.2) is 19.2 Å². The third-order valence-electron chi connectivity index (χ3n) is 4.14. The molecule has 3 aromatic carbocycles. The Morgan fingerprint density at radius 1 is 1.06 bits per heavy atom. The van der Waals surface area contributed by atoms with Gasteiger partial charge in [-0.25, -0.2) is 5.43 Å². The van der Waals surface area contributed by atoms with Crippen LogP contribution >= 0.6 is 57.4 Å². The summed E-state index contributed by atoms with van der Waals surface area (Å²) in [4.78, 5) is 12.2. The fourth-order valence-corrected chi connectivity index (χ4v) is 3.86. The number of halogens is 4. The van der Waals surface area contributed by atoms with Gasteiger partial charge >= 0.3 is 0 Å². The molecule has 0 bridgehead atoms. The average Bonchev–Trinajstić information content (AvgIpc) is 2.75. The molecule has 0 radical (unpaired) electrons. The number of ether oxygens (including phenoxy) is 2. The molecule has 0 saturated heterocycles. The van der Waals surface area contributed by atoms with Gasteiger partial charge in [-0.15, -0.1) is 0 Å². The van der Waals surface area contributed by atoms with Crippen molar-refractivity contribution in [2.45, 2.75) is 6.61 Å². The Labute approximate surface area is 208 Å². The first-order valence-corrected chi connectivity index (χ1v) is 11.1. The van der Waals surface area contributed by atoms with Gasteiger partial charge in [0, 0.05) is 16.1 Å². The highest BCUT2D eigenvalue weighted by Gasteiger charge is 2.13. The van der Waals surface area contributed by atoms with Gasteiger partial charge in [0.05, 0.1) is 26.9 Å². The van der Waals surface area contributed by atoms with E-state index < -0.39 is 5.91 Å². The van der Waals surface area contributed by atoms with Crippen LogP contribution in [0.4, 0.5) is 0 Å². The van der Waals surface area contributed by atoms with Gasteiger partial charge < -0.3 is 9.47 Å². The molecule has 0 unspecified atom stereocenters. The molecular weight excluding hydrogens is 574 g/mol. The van der Waals surface area contributed by atoms with Crippen LogP contribution in [0.25, 0.3) is 0 Å². The summed E-state index contributed by atoms with van der Waals surface area (Å²) in [7, 11) is 1.56. The summed E-state index contributed by atoms with van der Waals surface area (Å²) in [5.41, 5.74) is 4.40. The number of hydrazone groups is 1. The zero-order valence-electron chi connectivity index (χ0n) is 16.2. The highest BCUT2D eigenvalue weighted by Crippen LogP contribution is 2.34. The van der Waals surface area contributed by atoms with Gasteiger partial charge in [-0.2, -0.15) is 5.10 Å².